The third-order valence-electron chi connectivity index (χ3n) is 9.49. The number of hydrogen-bond acceptors (Lipinski definition) is 7. The van der Waals surface area contributed by atoms with Gasteiger partial charge in [-0.3, -0.25) is 0 Å². The first kappa shape index (κ1) is 41.6. The van der Waals surface area contributed by atoms with Gasteiger partial charge >= 0.3 is 0 Å². The van der Waals surface area contributed by atoms with Gasteiger partial charge in [0.2, 0.25) is 0 Å². The predicted molar refractivity (Wildman–Crippen MR) is 252 cm³/mol. The van der Waals surface area contributed by atoms with Crippen molar-refractivity contribution in [3.8, 4) is 0 Å². The summed E-state index contributed by atoms with van der Waals surface area (Å²) < 4.78 is 26.0. The Bertz CT molecular complexity index is 2790. The van der Waals surface area contributed by atoms with Crippen LogP contribution in [0.4, 0.5) is 22.7 Å². The molecule has 0 saturated heterocycles. The number of nitrogens with zero attached hydrogens (tertiary/aromatic N) is 1. The Kier molecular flexibility index (Phi) is 13.1. The van der Waals surface area contributed by atoms with Crippen molar-refractivity contribution in [3.05, 3.63) is 202 Å². The van der Waals surface area contributed by atoms with Crippen molar-refractivity contribution in [3.63, 3.8) is 0 Å². The third kappa shape index (κ3) is 10.6. The van der Waals surface area contributed by atoms with Gasteiger partial charge in [-0.05, 0) is 123 Å². The molecular weight excluding hydrogens is 853 g/mol. The molecule has 2 aliphatic heterocycles. The highest BCUT2D eigenvalue weighted by molar-refractivity contribution is 9.10. The van der Waals surface area contributed by atoms with Gasteiger partial charge in [-0.15, -0.1) is 0 Å². The van der Waals surface area contributed by atoms with Crippen LogP contribution < -0.4 is 15.5 Å². The van der Waals surface area contributed by atoms with Crippen LogP contribution in [-0.4, -0.2) is 14.1 Å². The van der Waals surface area contributed by atoms with Crippen LogP contribution in [-0.2, 0) is 10.0 Å². The maximum absolute atomic E-state index is 12.4. The Morgan fingerprint density at radius 1 is 0.559 bits per heavy atom. The van der Waals surface area contributed by atoms with Crippen molar-refractivity contribution in [1.29, 1.82) is 0 Å². The molecule has 3 N–H and O–H groups in total. The van der Waals surface area contributed by atoms with E-state index in [0.717, 1.165) is 48.7 Å². The standard InChI is InChI=1S/C21H19N3O2S2.C21H17NS.C7H7Br/c1-14-7-10-17(11-8-14)28(25,26)24-23-15(2)16-9-12-21-19(13-16)22-18-5-3-4-6-20(18)27-21;1-14-6-5-7-16(12-14)15(2)17-10-11-21-19(13-17)22-18-8-3-4-9-20(18)23-21;1-6-3-2-4-7(8)5-6/h3-13,22,24H,1-2H3;3-13,22H,2H2,1H3;2-5H,1H3/b23-15+;;. The predicted octanol–water partition coefficient (Wildman–Crippen LogP) is 13.9. The molecule has 59 heavy (non-hydrogen) atoms. The quantitative estimate of drug-likeness (QED) is 0.114. The van der Waals surface area contributed by atoms with Crippen LogP contribution in [0.2, 0.25) is 0 Å². The van der Waals surface area contributed by atoms with Crippen LogP contribution in [0.25, 0.3) is 5.57 Å². The molecule has 0 bridgehead atoms. The third-order valence-corrected chi connectivity index (χ3v) is 13.5. The molecule has 0 atom stereocenters. The second kappa shape index (κ2) is 18.6. The Morgan fingerprint density at radius 2 is 1.07 bits per heavy atom. The monoisotopic (exact) mass is 894 g/mol. The number of aryl methyl sites for hydroxylation is 3. The van der Waals surface area contributed by atoms with E-state index in [9.17, 15) is 8.42 Å². The van der Waals surface area contributed by atoms with E-state index in [1.165, 1.54) is 37.1 Å². The van der Waals surface area contributed by atoms with E-state index < -0.39 is 10.0 Å². The van der Waals surface area contributed by atoms with Crippen LogP contribution >= 0.6 is 39.5 Å². The van der Waals surface area contributed by atoms with Gasteiger partial charge in [-0.25, -0.2) is 0 Å². The maximum Gasteiger partial charge on any atom is 0.276 e. The molecule has 0 fully saturated rings. The van der Waals surface area contributed by atoms with Crippen molar-refractivity contribution in [2.24, 2.45) is 5.10 Å². The summed E-state index contributed by atoms with van der Waals surface area (Å²) in [5.41, 5.74) is 12.7. The molecule has 7 aromatic carbocycles. The highest BCUT2D eigenvalue weighted by Gasteiger charge is 2.18. The Balaban J connectivity index is 0.000000153. The number of sulfonamides is 1. The van der Waals surface area contributed by atoms with E-state index in [4.69, 9.17) is 0 Å². The first-order valence-corrected chi connectivity index (χ1v) is 22.8. The number of fused-ring (bicyclic) bond motifs is 4. The molecule has 0 saturated carbocycles. The number of para-hydroxylation sites is 2. The second-order valence-corrected chi connectivity index (χ2v) is 18.9. The number of benzene rings is 7. The highest BCUT2D eigenvalue weighted by atomic mass is 79.9. The second-order valence-electron chi connectivity index (χ2n) is 14.1. The van der Waals surface area contributed by atoms with Crippen LogP contribution in [0, 0.1) is 20.8 Å². The van der Waals surface area contributed by atoms with Crippen molar-refractivity contribution in [1.82, 2.24) is 4.83 Å². The lowest BCUT2D eigenvalue weighted by molar-refractivity contribution is 0.584. The summed E-state index contributed by atoms with van der Waals surface area (Å²) in [5, 5.41) is 11.1. The van der Waals surface area contributed by atoms with Gasteiger partial charge in [0.25, 0.3) is 10.0 Å². The summed E-state index contributed by atoms with van der Waals surface area (Å²) in [5.74, 6) is 0. The van der Waals surface area contributed by atoms with Crippen LogP contribution in [0.5, 0.6) is 0 Å². The van der Waals surface area contributed by atoms with Crippen molar-refractivity contribution >= 4 is 83.5 Å². The van der Waals surface area contributed by atoms with E-state index in [2.05, 4.69) is 142 Å². The SMILES string of the molecule is C/C(=N\NS(=O)(=O)c1ccc(C)cc1)c1ccc2c(c1)Nc1ccccc1S2.C=C(c1cccc(C)c1)c1ccc2c(c1)Nc1ccccc1S2.Cc1cccc(Br)c1. The Labute approximate surface area is 364 Å². The zero-order valence-corrected chi connectivity index (χ0v) is 37.1. The molecule has 2 heterocycles. The molecule has 2 aliphatic rings. The van der Waals surface area contributed by atoms with Crippen molar-refractivity contribution < 1.29 is 8.42 Å². The van der Waals surface area contributed by atoms with Crippen LogP contribution in [0.3, 0.4) is 0 Å². The van der Waals surface area contributed by atoms with Gasteiger partial charge < -0.3 is 10.6 Å². The molecule has 0 aliphatic carbocycles. The summed E-state index contributed by atoms with van der Waals surface area (Å²) in [4.78, 5) is 7.34. The molecular formula is C49H43BrN4O2S3. The number of halogens is 1. The van der Waals surface area contributed by atoms with Gasteiger partial charge in [0.15, 0.2) is 0 Å². The lowest BCUT2D eigenvalue weighted by atomic mass is 9.98. The molecule has 7 aromatic rings. The largest absolute Gasteiger partial charge is 0.354 e. The molecule has 0 aromatic heterocycles. The molecule has 0 radical (unpaired) electrons. The number of hydrazone groups is 1. The van der Waals surface area contributed by atoms with Gasteiger partial charge in [-0.1, -0.05) is 148 Å². The molecule has 0 amide bonds. The average molecular weight is 896 g/mol. The van der Waals surface area contributed by atoms with Crippen LogP contribution in [0.1, 0.15) is 40.3 Å². The van der Waals surface area contributed by atoms with Gasteiger partial charge in [-0.2, -0.15) is 18.4 Å². The zero-order valence-electron chi connectivity index (χ0n) is 33.1. The maximum atomic E-state index is 12.4. The molecule has 6 nitrogen and oxygen atoms in total. The highest BCUT2D eigenvalue weighted by Crippen LogP contribution is 2.46. The first-order chi connectivity index (χ1) is 28.4. The number of rotatable bonds is 6. The van der Waals surface area contributed by atoms with Gasteiger partial charge in [0.1, 0.15) is 0 Å². The molecule has 0 unspecified atom stereocenters. The number of nitrogens with one attached hydrogen (secondary N) is 3. The fourth-order valence-electron chi connectivity index (χ4n) is 6.26. The van der Waals surface area contributed by atoms with E-state index in [0.29, 0.717) is 5.71 Å². The van der Waals surface area contributed by atoms with Crippen molar-refractivity contribution in [2.45, 2.75) is 52.2 Å². The minimum Gasteiger partial charge on any atom is -0.354 e. The minimum atomic E-state index is -3.69. The van der Waals surface area contributed by atoms with Gasteiger partial charge in [0.05, 0.1) is 33.4 Å². The summed E-state index contributed by atoms with van der Waals surface area (Å²) in [6.07, 6.45) is 0. The normalized spacial score (nSPS) is 12.3. The molecule has 10 heteroatoms. The minimum absolute atomic E-state index is 0.190. The fraction of sp³-hybridized carbons (Fsp3) is 0.0816. The number of anilines is 4. The Morgan fingerprint density at radius 3 is 1.63 bits per heavy atom. The van der Waals surface area contributed by atoms with E-state index in [1.807, 2.05) is 67.2 Å². The molecule has 9 rings (SSSR count). The average Bonchev–Trinajstić information content (AvgIpc) is 3.24. The topological polar surface area (TPSA) is 82.6 Å². The van der Waals surface area contributed by atoms with E-state index >= 15 is 0 Å². The molecule has 0 spiro atoms. The lowest BCUT2D eigenvalue weighted by Gasteiger charge is -2.21. The van der Waals surface area contributed by atoms with E-state index in [-0.39, 0.29) is 4.90 Å². The van der Waals surface area contributed by atoms with Crippen molar-refractivity contribution in [2.75, 3.05) is 10.6 Å². The van der Waals surface area contributed by atoms with Gasteiger partial charge in [0, 0.05) is 24.1 Å². The fourth-order valence-corrected chi connectivity index (χ4v) is 9.57. The lowest BCUT2D eigenvalue weighted by Crippen LogP contribution is -2.20. The molecule has 296 valence electrons. The smallest absolute Gasteiger partial charge is 0.276 e. The zero-order chi connectivity index (χ0) is 41.5. The summed E-state index contributed by atoms with van der Waals surface area (Å²) in [7, 11) is -3.69. The number of hydrogen-bond donors (Lipinski definition) is 3. The first-order valence-electron chi connectivity index (χ1n) is 18.9. The summed E-state index contributed by atoms with van der Waals surface area (Å²) in [6, 6.07) is 52.4. The summed E-state index contributed by atoms with van der Waals surface area (Å²) >= 11 is 6.88. The Hall–Kier alpha value is -5.52. The van der Waals surface area contributed by atoms with E-state index in [1.54, 1.807) is 43.0 Å². The van der Waals surface area contributed by atoms with Crippen LogP contribution in [0.15, 0.2) is 198 Å². The summed E-state index contributed by atoms with van der Waals surface area (Å²) in [6.45, 7) is 12.2.